The number of nitrogens with zero attached hydrogens (tertiary/aromatic N) is 2. The lowest BCUT2D eigenvalue weighted by atomic mass is 10.1. The van der Waals surface area contributed by atoms with Gasteiger partial charge in [-0.25, -0.2) is 17.9 Å². The number of aryl methyl sites for hydroxylation is 1. The molecule has 2 atom stereocenters. The molecular formula is C27H31N3O7S. The van der Waals surface area contributed by atoms with Crippen LogP contribution in [0.15, 0.2) is 59.5 Å². The van der Waals surface area contributed by atoms with Crippen molar-refractivity contribution in [2.75, 3.05) is 13.1 Å². The normalized spacial score (nSPS) is 17.9. The Morgan fingerprint density at radius 2 is 1.79 bits per heavy atom. The molecule has 0 saturated carbocycles. The monoisotopic (exact) mass is 541 g/mol. The van der Waals surface area contributed by atoms with Gasteiger partial charge in [-0.3, -0.25) is 9.78 Å². The van der Waals surface area contributed by atoms with Crippen molar-refractivity contribution < 1.29 is 32.6 Å². The molecule has 11 heteroatoms. The van der Waals surface area contributed by atoms with Crippen molar-refractivity contribution in [3.63, 3.8) is 0 Å². The number of amides is 1. The molecule has 1 aliphatic rings. The number of benzene rings is 2. The summed E-state index contributed by atoms with van der Waals surface area (Å²) in [5.41, 5.74) is 1.93. The molecule has 0 spiro atoms. The van der Waals surface area contributed by atoms with E-state index in [0.29, 0.717) is 5.75 Å². The molecule has 3 aromatic rings. The Kier molecular flexibility index (Phi) is 7.61. The van der Waals surface area contributed by atoms with Crippen LogP contribution < -0.4 is 9.46 Å². The molecule has 1 fully saturated rings. The van der Waals surface area contributed by atoms with Gasteiger partial charge in [-0.2, -0.15) is 0 Å². The maximum absolute atomic E-state index is 13.0. The number of para-hydroxylation sites is 1. The van der Waals surface area contributed by atoms with E-state index in [4.69, 9.17) is 9.47 Å². The van der Waals surface area contributed by atoms with Gasteiger partial charge in [-0.15, -0.1) is 0 Å². The minimum atomic E-state index is -4.07. The van der Waals surface area contributed by atoms with E-state index in [1.807, 2.05) is 37.3 Å². The van der Waals surface area contributed by atoms with E-state index in [2.05, 4.69) is 9.71 Å². The number of hydrogen-bond acceptors (Lipinski definition) is 7. The first-order valence-electron chi connectivity index (χ1n) is 12.1. The summed E-state index contributed by atoms with van der Waals surface area (Å²) in [5, 5.41) is 10.6. The number of rotatable bonds is 7. The van der Waals surface area contributed by atoms with Crippen LogP contribution in [0.25, 0.3) is 10.9 Å². The summed E-state index contributed by atoms with van der Waals surface area (Å²) < 4.78 is 39.8. The lowest BCUT2D eigenvalue weighted by Gasteiger charge is -2.24. The summed E-state index contributed by atoms with van der Waals surface area (Å²) >= 11 is 0. The van der Waals surface area contributed by atoms with Crippen LogP contribution in [0.5, 0.6) is 5.75 Å². The van der Waals surface area contributed by atoms with Gasteiger partial charge < -0.3 is 19.5 Å². The molecular weight excluding hydrogens is 510 g/mol. The average molecular weight is 542 g/mol. The maximum Gasteiger partial charge on any atom is 0.410 e. The minimum absolute atomic E-state index is 0.0464. The second-order valence-corrected chi connectivity index (χ2v) is 12.0. The first-order valence-corrected chi connectivity index (χ1v) is 13.6. The topological polar surface area (TPSA) is 135 Å². The molecule has 1 amide bonds. The Bertz CT molecular complexity index is 1450. The van der Waals surface area contributed by atoms with Gasteiger partial charge in [0.05, 0.1) is 22.4 Å². The van der Waals surface area contributed by atoms with Crippen LogP contribution in [0.2, 0.25) is 0 Å². The third kappa shape index (κ3) is 6.40. The number of carboxylic acid groups (broad SMARTS) is 1. The number of nitrogens with one attached hydrogen (secondary N) is 1. The number of carboxylic acids is 1. The Labute approximate surface area is 221 Å². The van der Waals surface area contributed by atoms with Crippen molar-refractivity contribution in [2.24, 2.45) is 5.92 Å². The molecule has 1 aliphatic heterocycles. The molecule has 1 aromatic heterocycles. The Balaban J connectivity index is 1.44. The molecule has 1 saturated heterocycles. The molecule has 2 N–H and O–H groups in total. The smallest absolute Gasteiger partial charge is 0.410 e. The van der Waals surface area contributed by atoms with E-state index in [1.165, 1.54) is 17.0 Å². The van der Waals surface area contributed by atoms with E-state index >= 15 is 0 Å². The van der Waals surface area contributed by atoms with Gasteiger partial charge >= 0.3 is 12.1 Å². The molecule has 202 valence electrons. The molecule has 0 bridgehead atoms. The van der Waals surface area contributed by atoms with Crippen LogP contribution in [-0.2, 0) is 26.2 Å². The molecule has 2 heterocycles. The molecule has 10 nitrogen and oxygen atoms in total. The standard InChI is InChI=1S/C27H31N3O7S/c1-17-13-18(21-7-5-6-8-23(21)28-17)16-36-19-9-11-20(12-10-19)38(34,35)29-24-15-30(14-22(24)25(31)32)26(33)37-27(2,3)4/h5-13,22,24,29H,14-16H2,1-4H3,(H,31,32). The average Bonchev–Trinajstić information content (AvgIpc) is 3.25. The second kappa shape index (κ2) is 10.6. The Hall–Kier alpha value is -3.70. The van der Waals surface area contributed by atoms with Crippen molar-refractivity contribution in [3.8, 4) is 5.75 Å². The van der Waals surface area contributed by atoms with Gasteiger partial charge in [-0.05, 0) is 64.1 Å². The highest BCUT2D eigenvalue weighted by molar-refractivity contribution is 7.89. The first-order chi connectivity index (χ1) is 17.8. The Morgan fingerprint density at radius 1 is 1.11 bits per heavy atom. The first kappa shape index (κ1) is 27.3. The largest absolute Gasteiger partial charge is 0.489 e. The molecule has 0 radical (unpaired) electrons. The number of carbonyl (C=O) groups is 2. The predicted octanol–water partition coefficient (Wildman–Crippen LogP) is 3.72. The second-order valence-electron chi connectivity index (χ2n) is 10.3. The fourth-order valence-electron chi connectivity index (χ4n) is 4.31. The predicted molar refractivity (Wildman–Crippen MR) is 140 cm³/mol. The van der Waals surface area contributed by atoms with Gasteiger partial charge in [0.2, 0.25) is 10.0 Å². The maximum atomic E-state index is 13.0. The van der Waals surface area contributed by atoms with E-state index in [-0.39, 0.29) is 24.6 Å². The van der Waals surface area contributed by atoms with E-state index in [9.17, 15) is 23.1 Å². The van der Waals surface area contributed by atoms with Crippen LogP contribution >= 0.6 is 0 Å². The molecule has 38 heavy (non-hydrogen) atoms. The number of ether oxygens (including phenoxy) is 2. The number of carbonyl (C=O) groups excluding carboxylic acids is 1. The highest BCUT2D eigenvalue weighted by atomic mass is 32.2. The van der Waals surface area contributed by atoms with Gasteiger partial charge in [0.15, 0.2) is 0 Å². The number of sulfonamides is 1. The number of hydrogen-bond donors (Lipinski definition) is 2. The zero-order valence-electron chi connectivity index (χ0n) is 21.7. The Morgan fingerprint density at radius 3 is 2.45 bits per heavy atom. The third-order valence-corrected chi connectivity index (χ3v) is 7.56. The lowest BCUT2D eigenvalue weighted by molar-refractivity contribution is -0.141. The molecule has 2 aromatic carbocycles. The number of pyridine rings is 1. The summed E-state index contributed by atoms with van der Waals surface area (Å²) in [5.74, 6) is -1.84. The van der Waals surface area contributed by atoms with Crippen molar-refractivity contribution in [2.45, 2.75) is 50.8 Å². The third-order valence-electron chi connectivity index (χ3n) is 6.05. The van der Waals surface area contributed by atoms with Gasteiger partial charge in [0.1, 0.15) is 18.0 Å². The van der Waals surface area contributed by atoms with Crippen LogP contribution in [0.4, 0.5) is 4.79 Å². The van der Waals surface area contributed by atoms with E-state index in [0.717, 1.165) is 22.2 Å². The zero-order chi connectivity index (χ0) is 27.7. The van der Waals surface area contributed by atoms with Crippen LogP contribution in [0.1, 0.15) is 32.0 Å². The quantitative estimate of drug-likeness (QED) is 0.462. The van der Waals surface area contributed by atoms with Crippen molar-refractivity contribution in [1.29, 1.82) is 0 Å². The van der Waals surface area contributed by atoms with E-state index < -0.39 is 39.6 Å². The molecule has 4 rings (SSSR count). The highest BCUT2D eigenvalue weighted by Gasteiger charge is 2.43. The zero-order valence-corrected chi connectivity index (χ0v) is 22.5. The van der Waals surface area contributed by atoms with E-state index in [1.54, 1.807) is 32.9 Å². The lowest BCUT2D eigenvalue weighted by Crippen LogP contribution is -2.43. The van der Waals surface area contributed by atoms with Crippen molar-refractivity contribution in [1.82, 2.24) is 14.6 Å². The number of aromatic nitrogens is 1. The van der Waals surface area contributed by atoms with Crippen LogP contribution in [0, 0.1) is 12.8 Å². The SMILES string of the molecule is Cc1cc(COc2ccc(S(=O)(=O)NC3CN(C(=O)OC(C)(C)C)CC3C(=O)O)cc2)c2ccccc2n1. The fourth-order valence-corrected chi connectivity index (χ4v) is 5.57. The summed E-state index contributed by atoms with van der Waals surface area (Å²) in [6, 6.07) is 14.6. The highest BCUT2D eigenvalue weighted by Crippen LogP contribution is 2.25. The molecule has 2 unspecified atom stereocenters. The van der Waals surface area contributed by atoms with Gasteiger partial charge in [0, 0.05) is 29.7 Å². The van der Waals surface area contributed by atoms with Crippen LogP contribution in [0.3, 0.4) is 0 Å². The summed E-state index contributed by atoms with van der Waals surface area (Å²) in [6.07, 6.45) is -0.691. The number of fused-ring (bicyclic) bond motifs is 1. The number of likely N-dealkylation sites (tertiary alicyclic amines) is 1. The summed E-state index contributed by atoms with van der Waals surface area (Å²) in [6.45, 7) is 7.00. The molecule has 0 aliphatic carbocycles. The van der Waals surface area contributed by atoms with Crippen molar-refractivity contribution in [3.05, 3.63) is 65.9 Å². The van der Waals surface area contributed by atoms with Crippen molar-refractivity contribution >= 4 is 33.0 Å². The summed E-state index contributed by atoms with van der Waals surface area (Å²) in [4.78, 5) is 29.9. The fraction of sp³-hybridized carbons (Fsp3) is 0.370. The van der Waals surface area contributed by atoms with Crippen LogP contribution in [-0.4, -0.2) is 60.2 Å². The number of aliphatic carboxylic acids is 1. The van der Waals surface area contributed by atoms with Gasteiger partial charge in [-0.1, -0.05) is 18.2 Å². The van der Waals surface area contributed by atoms with Gasteiger partial charge in [0.25, 0.3) is 0 Å². The minimum Gasteiger partial charge on any atom is -0.489 e. The summed E-state index contributed by atoms with van der Waals surface area (Å²) in [7, 11) is -4.07.